The molecule has 0 aromatic carbocycles. The van der Waals surface area contributed by atoms with E-state index in [1.165, 1.54) is 186 Å². The molecule has 0 radical (unpaired) electrons. The molecule has 0 bridgehead atoms. The summed E-state index contributed by atoms with van der Waals surface area (Å²) >= 11 is 0. The first kappa shape index (κ1) is 88.1. The zero-order chi connectivity index (χ0) is 66.3. The van der Waals surface area contributed by atoms with Gasteiger partial charge in [-0.15, -0.1) is 0 Å². The summed E-state index contributed by atoms with van der Waals surface area (Å²) in [6.45, 7) is 7.23. The quantitative estimate of drug-likeness (QED) is 0.0222. The summed E-state index contributed by atoms with van der Waals surface area (Å²) in [6, 6.07) is 0. The maximum absolute atomic E-state index is 13.0. The maximum Gasteiger partial charge on any atom is 0.472 e. The summed E-state index contributed by atoms with van der Waals surface area (Å²) < 4.78 is 68.2. The van der Waals surface area contributed by atoms with E-state index >= 15 is 0 Å². The average Bonchev–Trinajstić information content (AvgIpc) is 3.72. The van der Waals surface area contributed by atoms with Crippen LogP contribution in [0.2, 0.25) is 0 Å². The van der Waals surface area contributed by atoms with Gasteiger partial charge in [0.05, 0.1) is 26.4 Å². The smallest absolute Gasteiger partial charge is 0.462 e. The molecule has 0 aliphatic heterocycles. The molecule has 0 fully saturated rings. The van der Waals surface area contributed by atoms with Crippen LogP contribution in [0.4, 0.5) is 0 Å². The molecule has 5 atom stereocenters. The van der Waals surface area contributed by atoms with Crippen molar-refractivity contribution in [2.75, 3.05) is 39.6 Å². The van der Waals surface area contributed by atoms with Gasteiger partial charge in [-0.05, 0) is 31.6 Å². The van der Waals surface area contributed by atoms with Crippen LogP contribution >= 0.6 is 15.6 Å². The first-order valence-electron chi connectivity index (χ1n) is 37.1. The van der Waals surface area contributed by atoms with Gasteiger partial charge in [-0.2, -0.15) is 0 Å². The lowest BCUT2D eigenvalue weighted by atomic mass is 10.0. The van der Waals surface area contributed by atoms with E-state index in [1.54, 1.807) is 0 Å². The van der Waals surface area contributed by atoms with Gasteiger partial charge in [0.25, 0.3) is 0 Å². The molecule has 90 heavy (non-hydrogen) atoms. The molecule has 0 spiro atoms. The fourth-order valence-corrected chi connectivity index (χ4v) is 12.4. The Labute approximate surface area is 549 Å². The number of phosphoric acid groups is 2. The molecule has 0 aliphatic rings. The summed E-state index contributed by atoms with van der Waals surface area (Å²) in [4.78, 5) is 72.5. The fraction of sp³-hybridized carbons (Fsp3) is 0.944. The van der Waals surface area contributed by atoms with Gasteiger partial charge in [-0.1, -0.05) is 317 Å². The Morgan fingerprint density at radius 1 is 0.300 bits per heavy atom. The fourth-order valence-electron chi connectivity index (χ4n) is 10.8. The van der Waals surface area contributed by atoms with Crippen LogP contribution in [-0.2, 0) is 65.4 Å². The Kier molecular flexibility index (Phi) is 63.0. The molecule has 19 heteroatoms. The molecule has 0 aromatic rings. The average molecular weight is 1330 g/mol. The zero-order valence-corrected chi connectivity index (χ0v) is 60.1. The second-order valence-electron chi connectivity index (χ2n) is 26.1. The Bertz CT molecular complexity index is 1740. The van der Waals surface area contributed by atoms with Crippen molar-refractivity contribution >= 4 is 39.5 Å². The number of phosphoric ester groups is 2. The maximum atomic E-state index is 13.0. The molecule has 0 amide bonds. The van der Waals surface area contributed by atoms with Gasteiger partial charge in [0, 0.05) is 25.7 Å². The number of carbonyl (C=O) groups is 4. The molecule has 534 valence electrons. The lowest BCUT2D eigenvalue weighted by Gasteiger charge is -2.21. The third-order valence-electron chi connectivity index (χ3n) is 16.5. The van der Waals surface area contributed by atoms with E-state index in [0.717, 1.165) is 102 Å². The van der Waals surface area contributed by atoms with E-state index in [4.69, 9.17) is 37.0 Å². The molecule has 2 unspecified atom stereocenters. The standard InChI is InChI=1S/C71H138O17P2/c1-6-9-12-15-18-21-23-24-25-26-27-28-29-32-37-42-47-52-57-71(76)88-67(61-82-69(74)55-50-45-40-36-33-30-31-34-38-43-48-53-64(4)5)63-86-90(79,80)84-59-65(72)58-83-89(77,78)85-62-66(60-81-68(73)54-49-44-39-20-17-14-11-8-3)87-70(75)56-51-46-41-35-22-19-16-13-10-7-2/h64-67,72H,6-63H2,1-5H3,(H,77,78)(H,79,80)/t65-,66+,67+/m0/s1. The third-order valence-corrected chi connectivity index (χ3v) is 18.4. The van der Waals surface area contributed by atoms with Crippen LogP contribution < -0.4 is 0 Å². The summed E-state index contributed by atoms with van der Waals surface area (Å²) in [5, 5.41) is 10.6. The first-order chi connectivity index (χ1) is 43.5. The van der Waals surface area contributed by atoms with Gasteiger partial charge < -0.3 is 33.8 Å². The minimum Gasteiger partial charge on any atom is -0.462 e. The van der Waals surface area contributed by atoms with Gasteiger partial charge >= 0.3 is 39.5 Å². The molecule has 3 N–H and O–H groups in total. The van der Waals surface area contributed by atoms with Crippen LogP contribution in [0, 0.1) is 5.92 Å². The second kappa shape index (κ2) is 64.4. The predicted molar refractivity (Wildman–Crippen MR) is 363 cm³/mol. The van der Waals surface area contributed by atoms with E-state index in [1.807, 2.05) is 0 Å². The SMILES string of the molecule is CCCCCCCCCCCCCCCCCCCCC(=O)O[C@H](COC(=O)CCCCCCCCCCCCCC(C)C)COP(=O)(O)OC[C@@H](O)COP(=O)(O)OC[C@@H](COC(=O)CCCCCCCCCC)OC(=O)CCCCCCCCCCCC. The number of hydrogen-bond acceptors (Lipinski definition) is 15. The van der Waals surface area contributed by atoms with Crippen molar-refractivity contribution in [3.8, 4) is 0 Å². The summed E-state index contributed by atoms with van der Waals surface area (Å²) in [7, 11) is -9.89. The molecular formula is C71H138O17P2. The second-order valence-corrected chi connectivity index (χ2v) is 29.0. The molecule has 0 heterocycles. The minimum absolute atomic E-state index is 0.106. The number of esters is 4. The van der Waals surface area contributed by atoms with Gasteiger partial charge in [-0.3, -0.25) is 37.3 Å². The van der Waals surface area contributed by atoms with Crippen molar-refractivity contribution in [3.63, 3.8) is 0 Å². The van der Waals surface area contributed by atoms with Crippen LogP contribution in [0.5, 0.6) is 0 Å². The van der Waals surface area contributed by atoms with Crippen molar-refractivity contribution in [2.45, 2.75) is 387 Å². The van der Waals surface area contributed by atoms with Crippen LogP contribution in [0.3, 0.4) is 0 Å². The van der Waals surface area contributed by atoms with Crippen LogP contribution in [0.1, 0.15) is 369 Å². The van der Waals surface area contributed by atoms with E-state index in [-0.39, 0.29) is 25.7 Å². The van der Waals surface area contributed by atoms with E-state index in [9.17, 15) is 43.2 Å². The molecule has 17 nitrogen and oxygen atoms in total. The van der Waals surface area contributed by atoms with Crippen LogP contribution in [0.15, 0.2) is 0 Å². The van der Waals surface area contributed by atoms with Gasteiger partial charge in [0.15, 0.2) is 12.2 Å². The number of rotatable bonds is 71. The highest BCUT2D eigenvalue weighted by molar-refractivity contribution is 7.47. The van der Waals surface area contributed by atoms with Crippen molar-refractivity contribution in [3.05, 3.63) is 0 Å². The number of aliphatic hydroxyl groups is 1. The molecule has 0 saturated carbocycles. The van der Waals surface area contributed by atoms with E-state index < -0.39 is 97.5 Å². The largest absolute Gasteiger partial charge is 0.472 e. The molecule has 0 aliphatic carbocycles. The van der Waals surface area contributed by atoms with Gasteiger partial charge in [0.1, 0.15) is 19.3 Å². The van der Waals surface area contributed by atoms with E-state index in [0.29, 0.717) is 25.7 Å². The Morgan fingerprint density at radius 3 is 0.756 bits per heavy atom. The number of unbranched alkanes of at least 4 members (excludes halogenated alkanes) is 43. The first-order valence-corrected chi connectivity index (χ1v) is 40.1. The van der Waals surface area contributed by atoms with Gasteiger partial charge in [0.2, 0.25) is 0 Å². The highest BCUT2D eigenvalue weighted by atomic mass is 31.2. The highest BCUT2D eigenvalue weighted by Gasteiger charge is 2.30. The van der Waals surface area contributed by atoms with Crippen LogP contribution in [0.25, 0.3) is 0 Å². The lowest BCUT2D eigenvalue weighted by Crippen LogP contribution is -2.30. The Balaban J connectivity index is 5.20. The molecule has 0 aromatic heterocycles. The van der Waals surface area contributed by atoms with Gasteiger partial charge in [-0.25, -0.2) is 9.13 Å². The van der Waals surface area contributed by atoms with E-state index in [2.05, 4.69) is 34.6 Å². The molecule has 0 rings (SSSR count). The highest BCUT2D eigenvalue weighted by Crippen LogP contribution is 2.45. The summed E-state index contributed by atoms with van der Waals surface area (Å²) in [6.07, 6.45) is 51.4. The van der Waals surface area contributed by atoms with Crippen molar-refractivity contribution in [2.24, 2.45) is 5.92 Å². The minimum atomic E-state index is -4.95. The summed E-state index contributed by atoms with van der Waals surface area (Å²) in [5.41, 5.74) is 0. The predicted octanol–water partition coefficient (Wildman–Crippen LogP) is 20.5. The van der Waals surface area contributed by atoms with Crippen molar-refractivity contribution < 1.29 is 80.2 Å². The van der Waals surface area contributed by atoms with Crippen molar-refractivity contribution in [1.29, 1.82) is 0 Å². The Morgan fingerprint density at radius 2 is 0.511 bits per heavy atom. The topological polar surface area (TPSA) is 237 Å². The molecule has 0 saturated heterocycles. The van der Waals surface area contributed by atoms with Crippen molar-refractivity contribution in [1.82, 2.24) is 0 Å². The number of aliphatic hydroxyl groups excluding tert-OH is 1. The van der Waals surface area contributed by atoms with Crippen LogP contribution in [-0.4, -0.2) is 96.7 Å². The number of ether oxygens (including phenoxy) is 4. The normalized spacial score (nSPS) is 14.1. The number of hydrogen-bond donors (Lipinski definition) is 3. The Hall–Kier alpha value is -1.94. The number of carbonyl (C=O) groups excluding carboxylic acids is 4. The zero-order valence-electron chi connectivity index (χ0n) is 58.3. The third kappa shape index (κ3) is 64.8. The monoisotopic (exact) mass is 1320 g/mol. The lowest BCUT2D eigenvalue weighted by molar-refractivity contribution is -0.161. The molecular weight excluding hydrogens is 1190 g/mol. The summed E-state index contributed by atoms with van der Waals surface area (Å²) in [5.74, 6) is -1.35.